The smallest absolute Gasteiger partial charge is 0.353 e. The summed E-state index contributed by atoms with van der Waals surface area (Å²) in [7, 11) is 0. The minimum atomic E-state index is -4.67. The molecule has 0 radical (unpaired) electrons. The second kappa shape index (κ2) is 14.5. The SMILES string of the molecule is CCC#N.CCN1C(=O)C(NC(=O)c2cccc(C(F)(F)F)c2)C(c2ccc(F)cc2)c2c(CNC=O)nn(-c3ccccc3)c21. The number of para-hydroxylation sites is 1. The maximum atomic E-state index is 14.1. The first kappa shape index (κ1) is 33.4. The van der Waals surface area contributed by atoms with Crippen LogP contribution in [0, 0.1) is 17.1 Å². The zero-order valence-electron chi connectivity index (χ0n) is 24.9. The first-order valence-corrected chi connectivity index (χ1v) is 14.3. The van der Waals surface area contributed by atoms with Crippen LogP contribution >= 0.6 is 0 Å². The number of nitrogens with zero attached hydrogens (tertiary/aromatic N) is 4. The normalized spacial score (nSPS) is 15.6. The first-order valence-electron chi connectivity index (χ1n) is 14.3. The number of hydrogen-bond donors (Lipinski definition) is 2. The van der Waals surface area contributed by atoms with Crippen LogP contribution < -0.4 is 15.5 Å². The van der Waals surface area contributed by atoms with Crippen molar-refractivity contribution < 1.29 is 31.9 Å². The Hall–Kier alpha value is -5.51. The summed E-state index contributed by atoms with van der Waals surface area (Å²) in [5.74, 6) is -2.48. The Kier molecular flexibility index (Phi) is 10.5. The van der Waals surface area contributed by atoms with E-state index in [-0.39, 0.29) is 18.7 Å². The van der Waals surface area contributed by atoms with E-state index in [1.807, 2.05) is 19.1 Å². The van der Waals surface area contributed by atoms with Gasteiger partial charge >= 0.3 is 6.18 Å². The van der Waals surface area contributed by atoms with Gasteiger partial charge in [-0.15, -0.1) is 0 Å². The fourth-order valence-corrected chi connectivity index (χ4v) is 5.18. The van der Waals surface area contributed by atoms with Crippen LogP contribution in [0.4, 0.5) is 23.4 Å². The molecular formula is C33H30F4N6O3. The summed E-state index contributed by atoms with van der Waals surface area (Å²) in [5.41, 5.74) is 0.670. The molecule has 2 N–H and O–H groups in total. The van der Waals surface area contributed by atoms with Gasteiger partial charge in [0.1, 0.15) is 17.7 Å². The molecule has 1 aliphatic rings. The van der Waals surface area contributed by atoms with E-state index in [1.54, 1.807) is 35.9 Å². The molecule has 238 valence electrons. The molecule has 46 heavy (non-hydrogen) atoms. The molecule has 5 rings (SSSR count). The number of aromatic nitrogens is 2. The van der Waals surface area contributed by atoms with Crippen molar-refractivity contribution in [3.8, 4) is 11.8 Å². The number of anilines is 1. The molecule has 0 bridgehead atoms. The molecule has 13 heteroatoms. The van der Waals surface area contributed by atoms with Gasteiger partial charge in [-0.3, -0.25) is 19.3 Å². The van der Waals surface area contributed by atoms with Crippen LogP contribution in [0.15, 0.2) is 78.9 Å². The lowest BCUT2D eigenvalue weighted by atomic mass is 9.80. The van der Waals surface area contributed by atoms with E-state index in [4.69, 9.17) is 10.4 Å². The maximum absolute atomic E-state index is 14.1. The molecular weight excluding hydrogens is 604 g/mol. The molecule has 0 saturated heterocycles. The summed E-state index contributed by atoms with van der Waals surface area (Å²) in [6.45, 7) is 3.69. The van der Waals surface area contributed by atoms with Gasteiger partial charge in [-0.25, -0.2) is 9.07 Å². The van der Waals surface area contributed by atoms with Crippen molar-refractivity contribution in [1.29, 1.82) is 5.26 Å². The number of rotatable bonds is 8. The third-order valence-electron chi connectivity index (χ3n) is 7.20. The topological polar surface area (TPSA) is 120 Å². The highest BCUT2D eigenvalue weighted by Crippen LogP contribution is 2.43. The van der Waals surface area contributed by atoms with Gasteiger partial charge in [0, 0.05) is 30.0 Å². The molecule has 1 aromatic heterocycles. The summed E-state index contributed by atoms with van der Waals surface area (Å²) in [5, 5.41) is 17.6. The Labute approximate surface area is 262 Å². The molecule has 4 aromatic rings. The highest BCUT2D eigenvalue weighted by molar-refractivity contribution is 6.05. The summed E-state index contributed by atoms with van der Waals surface area (Å²) < 4.78 is 55.6. The minimum absolute atomic E-state index is 0.0244. The van der Waals surface area contributed by atoms with Gasteiger partial charge < -0.3 is 10.6 Å². The summed E-state index contributed by atoms with van der Waals surface area (Å²) in [6, 6.07) is 18.9. The van der Waals surface area contributed by atoms with E-state index in [0.717, 1.165) is 12.1 Å². The molecule has 2 unspecified atom stereocenters. The zero-order valence-corrected chi connectivity index (χ0v) is 24.9. The molecule has 2 heterocycles. The number of carbonyl (C=O) groups is 3. The average molecular weight is 635 g/mol. The number of nitrogens with one attached hydrogen (secondary N) is 2. The lowest BCUT2D eigenvalue weighted by Gasteiger charge is -2.38. The lowest BCUT2D eigenvalue weighted by molar-refractivity contribution is -0.137. The van der Waals surface area contributed by atoms with Crippen molar-refractivity contribution in [2.24, 2.45) is 0 Å². The second-order valence-corrected chi connectivity index (χ2v) is 10.1. The molecule has 0 saturated carbocycles. The van der Waals surface area contributed by atoms with Gasteiger partial charge in [-0.1, -0.05) is 43.3 Å². The number of amides is 3. The van der Waals surface area contributed by atoms with Gasteiger partial charge in [0.05, 0.1) is 29.6 Å². The number of benzene rings is 3. The van der Waals surface area contributed by atoms with E-state index in [1.165, 1.54) is 35.2 Å². The van der Waals surface area contributed by atoms with Crippen LogP contribution in [0.2, 0.25) is 0 Å². The fraction of sp³-hybridized carbons (Fsp3) is 0.242. The molecule has 1 aliphatic heterocycles. The lowest BCUT2D eigenvalue weighted by Crippen LogP contribution is -2.55. The van der Waals surface area contributed by atoms with E-state index in [9.17, 15) is 31.9 Å². The van der Waals surface area contributed by atoms with Gasteiger partial charge in [0.25, 0.3) is 11.8 Å². The third-order valence-corrected chi connectivity index (χ3v) is 7.20. The summed E-state index contributed by atoms with van der Waals surface area (Å²) >= 11 is 0. The number of halogens is 4. The number of fused-ring (bicyclic) bond motifs is 1. The monoisotopic (exact) mass is 634 g/mol. The van der Waals surface area contributed by atoms with Crippen LogP contribution in [-0.2, 0) is 22.3 Å². The maximum Gasteiger partial charge on any atom is 0.416 e. The van der Waals surface area contributed by atoms with Crippen LogP contribution in [0.3, 0.4) is 0 Å². The van der Waals surface area contributed by atoms with Gasteiger partial charge in [0.15, 0.2) is 0 Å². The van der Waals surface area contributed by atoms with Gasteiger partial charge in [-0.2, -0.15) is 23.5 Å². The molecule has 3 aromatic carbocycles. The Balaban J connectivity index is 0.00000113. The fourth-order valence-electron chi connectivity index (χ4n) is 5.18. The zero-order chi connectivity index (χ0) is 33.4. The molecule has 0 aliphatic carbocycles. The van der Waals surface area contributed by atoms with Gasteiger partial charge in [0.2, 0.25) is 6.41 Å². The Morgan fingerprint density at radius 3 is 2.30 bits per heavy atom. The van der Waals surface area contributed by atoms with Crippen molar-refractivity contribution in [2.75, 3.05) is 11.4 Å². The highest BCUT2D eigenvalue weighted by Gasteiger charge is 2.46. The molecule has 3 amide bonds. The van der Waals surface area contributed by atoms with Crippen molar-refractivity contribution in [3.05, 3.63) is 113 Å². The molecule has 0 spiro atoms. The standard InChI is InChI=1S/C30H25F4N5O3.C3H5N/c1-2-38-28-25(23(16-35-17-40)37-39(28)22-9-4-3-5-10-22)24(18-11-13-21(31)14-12-18)26(29(38)42)36-27(41)19-7-6-8-20(15-19)30(32,33)34;1-2-3-4/h3-15,17,24,26H,2,16H2,1H3,(H,35,40)(H,36,41);2H2,1H3. The number of likely N-dealkylation sites (N-methyl/N-ethyl adjacent to an activating group) is 1. The third kappa shape index (κ3) is 7.07. The Morgan fingerprint density at radius 1 is 1.04 bits per heavy atom. The number of hydrogen-bond acceptors (Lipinski definition) is 5. The molecule has 9 nitrogen and oxygen atoms in total. The van der Waals surface area contributed by atoms with Crippen LogP contribution in [0.1, 0.15) is 58.9 Å². The first-order chi connectivity index (χ1) is 22.0. The van der Waals surface area contributed by atoms with E-state index in [0.29, 0.717) is 47.2 Å². The number of alkyl halides is 3. The van der Waals surface area contributed by atoms with Gasteiger partial charge in [-0.05, 0) is 55.0 Å². The van der Waals surface area contributed by atoms with E-state index < -0.39 is 41.3 Å². The van der Waals surface area contributed by atoms with Crippen molar-refractivity contribution in [2.45, 2.75) is 44.9 Å². The molecule has 2 atom stereocenters. The quantitative estimate of drug-likeness (QED) is 0.196. The van der Waals surface area contributed by atoms with E-state index >= 15 is 0 Å². The Bertz CT molecular complexity index is 1730. The predicted octanol–water partition coefficient (Wildman–Crippen LogP) is 5.49. The number of nitriles is 1. The van der Waals surface area contributed by atoms with Crippen molar-refractivity contribution in [1.82, 2.24) is 20.4 Å². The van der Waals surface area contributed by atoms with Crippen LogP contribution in [0.25, 0.3) is 5.69 Å². The predicted molar refractivity (Wildman–Crippen MR) is 161 cm³/mol. The second-order valence-electron chi connectivity index (χ2n) is 10.1. The summed E-state index contributed by atoms with van der Waals surface area (Å²) in [4.78, 5) is 40.2. The van der Waals surface area contributed by atoms with Crippen LogP contribution in [-0.4, -0.2) is 40.6 Å². The van der Waals surface area contributed by atoms with E-state index in [2.05, 4.69) is 10.6 Å². The largest absolute Gasteiger partial charge is 0.416 e. The minimum Gasteiger partial charge on any atom is -0.353 e. The molecule has 0 fully saturated rings. The van der Waals surface area contributed by atoms with Crippen LogP contribution in [0.5, 0.6) is 0 Å². The average Bonchev–Trinajstić information content (AvgIpc) is 3.43. The highest BCUT2D eigenvalue weighted by atomic mass is 19.4. The number of carbonyl (C=O) groups excluding carboxylic acids is 3. The Morgan fingerprint density at radius 2 is 1.72 bits per heavy atom. The summed E-state index contributed by atoms with van der Waals surface area (Å²) in [6.07, 6.45) is -3.55. The van der Waals surface area contributed by atoms with Crippen molar-refractivity contribution >= 4 is 24.0 Å². The van der Waals surface area contributed by atoms with Crippen molar-refractivity contribution in [3.63, 3.8) is 0 Å².